The molecule has 0 radical (unpaired) electrons. The van der Waals surface area contributed by atoms with E-state index >= 15 is 0 Å². The minimum atomic E-state index is -1.43. The fourth-order valence-electron chi connectivity index (χ4n) is 1.03. The van der Waals surface area contributed by atoms with Crippen LogP contribution < -0.4 is 0 Å². The molecule has 0 bridgehead atoms. The minimum absolute atomic E-state index is 0.664. The molecule has 4 N–H and O–H groups in total. The summed E-state index contributed by atoms with van der Waals surface area (Å²) < 4.78 is 4.68. The summed E-state index contributed by atoms with van der Waals surface area (Å²) in [5, 5.41) is 36.0. The molecule has 0 saturated carbocycles. The van der Waals surface area contributed by atoms with E-state index < -0.39 is 30.7 Å². The van der Waals surface area contributed by atoms with E-state index in [9.17, 15) is 0 Å². The zero-order valence-corrected chi connectivity index (χ0v) is 6.08. The summed E-state index contributed by atoms with van der Waals surface area (Å²) in [5.74, 6) is 0. The SMILES string of the molecule is C[C@H]1OC(O)[C@H](O)[C@@H](O)C1O. The Bertz CT molecular complexity index is 125. The number of aliphatic hydroxyl groups excluding tert-OH is 4. The second kappa shape index (κ2) is 3.04. The van der Waals surface area contributed by atoms with Crippen molar-refractivity contribution in [1.82, 2.24) is 0 Å². The zero-order chi connectivity index (χ0) is 8.59. The van der Waals surface area contributed by atoms with Gasteiger partial charge in [-0.15, -0.1) is 0 Å². The van der Waals surface area contributed by atoms with Gasteiger partial charge in [-0.2, -0.15) is 0 Å². The van der Waals surface area contributed by atoms with Gasteiger partial charge < -0.3 is 25.2 Å². The maximum absolute atomic E-state index is 9.09. The quantitative estimate of drug-likeness (QED) is 0.326. The lowest BCUT2D eigenvalue weighted by molar-refractivity contribution is -0.277. The molecule has 0 aliphatic carbocycles. The van der Waals surface area contributed by atoms with Crippen molar-refractivity contribution >= 4 is 0 Å². The molecule has 11 heavy (non-hydrogen) atoms. The summed E-state index contributed by atoms with van der Waals surface area (Å²) in [6.45, 7) is 1.50. The fourth-order valence-corrected chi connectivity index (χ4v) is 1.03. The van der Waals surface area contributed by atoms with Gasteiger partial charge in [0.2, 0.25) is 0 Å². The van der Waals surface area contributed by atoms with Crippen LogP contribution in [-0.2, 0) is 4.74 Å². The Hall–Kier alpha value is -0.200. The van der Waals surface area contributed by atoms with Crippen LogP contribution in [0.4, 0.5) is 0 Å². The second-order valence-electron chi connectivity index (χ2n) is 2.70. The van der Waals surface area contributed by atoms with Crippen molar-refractivity contribution in [1.29, 1.82) is 0 Å². The van der Waals surface area contributed by atoms with Crippen molar-refractivity contribution in [2.24, 2.45) is 0 Å². The molecule has 0 aromatic carbocycles. The van der Waals surface area contributed by atoms with E-state index in [0.29, 0.717) is 0 Å². The second-order valence-corrected chi connectivity index (χ2v) is 2.70. The van der Waals surface area contributed by atoms with E-state index in [2.05, 4.69) is 4.74 Å². The Kier molecular flexibility index (Phi) is 2.46. The Morgan fingerprint density at radius 2 is 1.45 bits per heavy atom. The van der Waals surface area contributed by atoms with Crippen LogP contribution in [-0.4, -0.2) is 51.1 Å². The number of hydrogen-bond donors (Lipinski definition) is 4. The first kappa shape index (κ1) is 8.89. The number of ether oxygens (including phenoxy) is 1. The first-order valence-corrected chi connectivity index (χ1v) is 3.41. The standard InChI is InChI=1S/C6H12O5/c1-2-3(7)4(8)5(9)6(10)11-2/h2-10H,1H3/t2-,3?,4+,5-,6?/m1/s1. The highest BCUT2D eigenvalue weighted by Crippen LogP contribution is 2.18. The third-order valence-corrected chi connectivity index (χ3v) is 1.83. The predicted octanol–water partition coefficient (Wildman–Crippen LogP) is -2.19. The van der Waals surface area contributed by atoms with Gasteiger partial charge in [-0.3, -0.25) is 0 Å². The molecule has 0 aromatic rings. The molecular weight excluding hydrogens is 152 g/mol. The van der Waals surface area contributed by atoms with Gasteiger partial charge in [0.15, 0.2) is 6.29 Å². The smallest absolute Gasteiger partial charge is 0.183 e. The van der Waals surface area contributed by atoms with Gasteiger partial charge in [0.1, 0.15) is 18.3 Å². The van der Waals surface area contributed by atoms with Gasteiger partial charge in [0.25, 0.3) is 0 Å². The third kappa shape index (κ3) is 1.52. The van der Waals surface area contributed by atoms with E-state index in [1.165, 1.54) is 6.92 Å². The molecule has 1 heterocycles. The Labute approximate surface area is 63.8 Å². The van der Waals surface area contributed by atoms with Crippen LogP contribution in [0.3, 0.4) is 0 Å². The normalized spacial score (nSPS) is 52.6. The van der Waals surface area contributed by atoms with Crippen LogP contribution in [0.25, 0.3) is 0 Å². The van der Waals surface area contributed by atoms with Crippen LogP contribution >= 0.6 is 0 Å². The Morgan fingerprint density at radius 1 is 0.909 bits per heavy atom. The lowest BCUT2D eigenvalue weighted by atomic mass is 10.0. The molecule has 5 nitrogen and oxygen atoms in total. The molecule has 5 atom stereocenters. The van der Waals surface area contributed by atoms with E-state index in [1.807, 2.05) is 0 Å². The molecular formula is C6H12O5. The van der Waals surface area contributed by atoms with Crippen LogP contribution in [0.5, 0.6) is 0 Å². The maximum atomic E-state index is 9.09. The summed E-state index contributed by atoms with van der Waals surface area (Å²) in [7, 11) is 0. The fraction of sp³-hybridized carbons (Fsp3) is 1.00. The van der Waals surface area contributed by atoms with Crippen molar-refractivity contribution in [2.45, 2.75) is 37.6 Å². The highest BCUT2D eigenvalue weighted by atomic mass is 16.6. The molecule has 2 unspecified atom stereocenters. The number of rotatable bonds is 0. The molecule has 0 aromatic heterocycles. The average molecular weight is 164 g/mol. The van der Waals surface area contributed by atoms with Crippen LogP contribution in [0.15, 0.2) is 0 Å². The topological polar surface area (TPSA) is 90.2 Å². The van der Waals surface area contributed by atoms with Gasteiger partial charge >= 0.3 is 0 Å². The Balaban J connectivity index is 2.63. The van der Waals surface area contributed by atoms with E-state index in [1.54, 1.807) is 0 Å². The monoisotopic (exact) mass is 164 g/mol. The van der Waals surface area contributed by atoms with Crippen LogP contribution in [0.1, 0.15) is 6.92 Å². The van der Waals surface area contributed by atoms with Crippen molar-refractivity contribution < 1.29 is 25.2 Å². The summed E-state index contributed by atoms with van der Waals surface area (Å²) in [6, 6.07) is 0. The van der Waals surface area contributed by atoms with Crippen molar-refractivity contribution in [3.05, 3.63) is 0 Å². The molecule has 66 valence electrons. The summed E-state index contributed by atoms with van der Waals surface area (Å²) in [5.41, 5.74) is 0. The summed E-state index contributed by atoms with van der Waals surface area (Å²) >= 11 is 0. The highest BCUT2D eigenvalue weighted by Gasteiger charge is 2.40. The van der Waals surface area contributed by atoms with Crippen molar-refractivity contribution in [3.8, 4) is 0 Å². The van der Waals surface area contributed by atoms with Gasteiger partial charge in [0, 0.05) is 0 Å². The lowest BCUT2D eigenvalue weighted by Crippen LogP contribution is -2.56. The Morgan fingerprint density at radius 3 is 2.00 bits per heavy atom. The largest absolute Gasteiger partial charge is 0.388 e. The molecule has 1 fully saturated rings. The molecule has 0 spiro atoms. The van der Waals surface area contributed by atoms with Gasteiger partial charge in [0.05, 0.1) is 6.10 Å². The molecule has 1 rings (SSSR count). The first-order valence-electron chi connectivity index (χ1n) is 3.41. The first-order chi connectivity index (χ1) is 5.04. The van der Waals surface area contributed by atoms with E-state index in [0.717, 1.165) is 0 Å². The minimum Gasteiger partial charge on any atom is -0.388 e. The molecule has 1 aliphatic rings. The summed E-state index contributed by atoms with van der Waals surface area (Å²) in [6.07, 6.45) is -5.99. The highest BCUT2D eigenvalue weighted by molar-refractivity contribution is 4.86. The summed E-state index contributed by atoms with van der Waals surface area (Å²) in [4.78, 5) is 0. The van der Waals surface area contributed by atoms with Crippen molar-refractivity contribution in [2.75, 3.05) is 0 Å². The zero-order valence-electron chi connectivity index (χ0n) is 6.08. The van der Waals surface area contributed by atoms with Gasteiger partial charge in [-0.05, 0) is 6.92 Å². The van der Waals surface area contributed by atoms with Crippen LogP contribution in [0, 0.1) is 0 Å². The molecule has 0 amide bonds. The maximum Gasteiger partial charge on any atom is 0.183 e. The van der Waals surface area contributed by atoms with E-state index in [4.69, 9.17) is 20.4 Å². The average Bonchev–Trinajstić information content (AvgIpc) is 1.97. The number of aliphatic hydroxyl groups is 4. The number of hydrogen-bond acceptors (Lipinski definition) is 5. The predicted molar refractivity (Wildman–Crippen MR) is 34.6 cm³/mol. The van der Waals surface area contributed by atoms with Crippen LogP contribution in [0.2, 0.25) is 0 Å². The molecule has 5 heteroatoms. The van der Waals surface area contributed by atoms with Crippen molar-refractivity contribution in [3.63, 3.8) is 0 Å². The molecule has 1 saturated heterocycles. The van der Waals surface area contributed by atoms with Gasteiger partial charge in [-0.25, -0.2) is 0 Å². The molecule has 1 aliphatic heterocycles. The lowest BCUT2D eigenvalue weighted by Gasteiger charge is -2.36. The van der Waals surface area contributed by atoms with E-state index in [-0.39, 0.29) is 0 Å². The van der Waals surface area contributed by atoms with Gasteiger partial charge in [-0.1, -0.05) is 0 Å². The third-order valence-electron chi connectivity index (χ3n) is 1.83.